The number of carbonyl (C=O) groups is 2. The first-order valence-electron chi connectivity index (χ1n) is 6.84. The van der Waals surface area contributed by atoms with E-state index in [1.54, 1.807) is 30.3 Å². The molecular weight excluding hydrogens is 380 g/mol. The molecule has 0 aliphatic rings. The highest BCUT2D eigenvalue weighted by Gasteiger charge is 2.20. The molecule has 1 heterocycles. The number of rotatable bonds is 3. The van der Waals surface area contributed by atoms with Gasteiger partial charge < -0.3 is 10.3 Å². The Labute approximate surface area is 146 Å². The topological polar surface area (TPSA) is 62.0 Å². The summed E-state index contributed by atoms with van der Waals surface area (Å²) in [7, 11) is 0. The molecule has 3 rings (SSSR count). The summed E-state index contributed by atoms with van der Waals surface area (Å²) in [5.41, 5.74) is 2.64. The van der Waals surface area contributed by atoms with Crippen LogP contribution < -0.4 is 5.32 Å². The van der Waals surface area contributed by atoms with Gasteiger partial charge in [0.15, 0.2) is 0 Å². The van der Waals surface area contributed by atoms with Crippen molar-refractivity contribution >= 4 is 55.8 Å². The predicted molar refractivity (Wildman–Crippen MR) is 95.1 cm³/mol. The molecule has 3 aromatic rings. The van der Waals surface area contributed by atoms with Crippen molar-refractivity contribution < 1.29 is 9.59 Å². The lowest BCUT2D eigenvalue weighted by Crippen LogP contribution is -2.22. The number of aromatic amines is 1. The van der Waals surface area contributed by atoms with Crippen LogP contribution in [0.25, 0.3) is 10.9 Å². The highest BCUT2D eigenvalue weighted by atomic mass is 79.9. The molecule has 0 radical (unpaired) electrons. The minimum absolute atomic E-state index is 0.320. The molecule has 0 saturated carbocycles. The van der Waals surface area contributed by atoms with E-state index in [4.69, 9.17) is 11.6 Å². The molecule has 1 aromatic heterocycles. The molecule has 0 aliphatic heterocycles. The molecule has 6 heteroatoms. The number of aromatic nitrogens is 1. The Balaban J connectivity index is 1.86. The molecule has 1 amide bonds. The van der Waals surface area contributed by atoms with E-state index in [9.17, 15) is 9.59 Å². The number of ketones is 1. The molecule has 116 valence electrons. The fraction of sp³-hybridized carbons (Fsp3) is 0.0588. The number of H-pyrrole nitrogens is 1. The van der Waals surface area contributed by atoms with Crippen LogP contribution in [0.15, 0.2) is 47.1 Å². The van der Waals surface area contributed by atoms with E-state index in [2.05, 4.69) is 26.2 Å². The van der Waals surface area contributed by atoms with Crippen molar-refractivity contribution in [2.45, 2.75) is 6.92 Å². The van der Waals surface area contributed by atoms with E-state index in [0.717, 1.165) is 10.0 Å². The van der Waals surface area contributed by atoms with Crippen LogP contribution in [0.5, 0.6) is 0 Å². The van der Waals surface area contributed by atoms with E-state index in [0.29, 0.717) is 27.2 Å². The maximum Gasteiger partial charge on any atom is 0.296 e. The van der Waals surface area contributed by atoms with Gasteiger partial charge in [-0.1, -0.05) is 39.7 Å². The van der Waals surface area contributed by atoms with Gasteiger partial charge in [0.2, 0.25) is 0 Å². The van der Waals surface area contributed by atoms with Crippen molar-refractivity contribution in [3.8, 4) is 0 Å². The zero-order chi connectivity index (χ0) is 16.6. The van der Waals surface area contributed by atoms with Gasteiger partial charge in [-0.15, -0.1) is 0 Å². The number of hydrogen-bond donors (Lipinski definition) is 2. The summed E-state index contributed by atoms with van der Waals surface area (Å²) in [5, 5.41) is 3.84. The Morgan fingerprint density at radius 2 is 1.96 bits per heavy atom. The third-order valence-electron chi connectivity index (χ3n) is 3.52. The van der Waals surface area contributed by atoms with Crippen molar-refractivity contribution in [3.63, 3.8) is 0 Å². The Morgan fingerprint density at radius 3 is 2.70 bits per heavy atom. The Kier molecular flexibility index (Phi) is 4.24. The van der Waals surface area contributed by atoms with Gasteiger partial charge in [-0.25, -0.2) is 0 Å². The van der Waals surface area contributed by atoms with Gasteiger partial charge in [0, 0.05) is 32.3 Å². The van der Waals surface area contributed by atoms with Gasteiger partial charge in [0.25, 0.3) is 11.7 Å². The van der Waals surface area contributed by atoms with Crippen LogP contribution >= 0.6 is 27.5 Å². The van der Waals surface area contributed by atoms with Crippen molar-refractivity contribution in [2.75, 3.05) is 5.32 Å². The summed E-state index contributed by atoms with van der Waals surface area (Å²) in [6.45, 7) is 1.94. The molecule has 0 atom stereocenters. The van der Waals surface area contributed by atoms with Gasteiger partial charge in [-0.2, -0.15) is 0 Å². The van der Waals surface area contributed by atoms with Crippen LogP contribution in [0.2, 0.25) is 5.02 Å². The van der Waals surface area contributed by atoms with Crippen molar-refractivity contribution in [2.24, 2.45) is 0 Å². The van der Waals surface area contributed by atoms with Gasteiger partial charge >= 0.3 is 0 Å². The summed E-state index contributed by atoms with van der Waals surface area (Å²) in [4.78, 5) is 27.5. The summed E-state index contributed by atoms with van der Waals surface area (Å²) in [6, 6.07) is 10.5. The molecule has 23 heavy (non-hydrogen) atoms. The highest BCUT2D eigenvalue weighted by molar-refractivity contribution is 9.10. The maximum absolute atomic E-state index is 12.4. The first kappa shape index (κ1) is 15.8. The average molecular weight is 392 g/mol. The summed E-state index contributed by atoms with van der Waals surface area (Å²) in [5.74, 6) is -1.29. The number of carbonyl (C=O) groups excluding carboxylic acids is 2. The third-order valence-corrected chi connectivity index (χ3v) is 4.61. The number of fused-ring (bicyclic) bond motifs is 1. The van der Waals surface area contributed by atoms with Crippen LogP contribution in [0.1, 0.15) is 15.9 Å². The predicted octanol–water partition coefficient (Wildman–Crippen LogP) is 4.71. The zero-order valence-corrected chi connectivity index (χ0v) is 14.5. The molecule has 0 unspecified atom stereocenters. The molecule has 4 nitrogen and oxygen atoms in total. The summed E-state index contributed by atoms with van der Waals surface area (Å²) < 4.78 is 0.865. The fourth-order valence-corrected chi connectivity index (χ4v) is 2.82. The Bertz CT molecular complexity index is 933. The lowest BCUT2D eigenvalue weighted by molar-refractivity contribution is -0.112. The molecule has 0 spiro atoms. The minimum atomic E-state index is -0.684. The normalized spacial score (nSPS) is 10.7. The number of anilines is 1. The van der Waals surface area contributed by atoms with E-state index in [1.165, 1.54) is 6.20 Å². The molecule has 0 bridgehead atoms. The Hall–Kier alpha value is -2.11. The van der Waals surface area contributed by atoms with Gasteiger partial charge in [0.1, 0.15) is 0 Å². The minimum Gasteiger partial charge on any atom is -0.360 e. The number of hydrogen-bond acceptors (Lipinski definition) is 2. The van der Waals surface area contributed by atoms with Crippen molar-refractivity contribution in [3.05, 3.63) is 63.2 Å². The third kappa shape index (κ3) is 3.16. The van der Waals surface area contributed by atoms with Gasteiger partial charge in [-0.3, -0.25) is 9.59 Å². The van der Waals surface area contributed by atoms with Crippen LogP contribution in [0.4, 0.5) is 5.69 Å². The molecule has 0 saturated heterocycles. The van der Waals surface area contributed by atoms with E-state index in [1.807, 2.05) is 13.0 Å². The lowest BCUT2D eigenvalue weighted by Gasteiger charge is -2.06. The maximum atomic E-state index is 12.4. The number of amides is 1. The van der Waals surface area contributed by atoms with E-state index >= 15 is 0 Å². The van der Waals surface area contributed by atoms with Crippen LogP contribution in [0, 0.1) is 6.92 Å². The standard InChI is InChI=1S/C17H12BrClN2O2/c1-9-2-4-11(7-14(9)18)21-17(23)16(22)13-8-20-15-6-10(19)3-5-12(13)15/h2-8,20H,1H3,(H,21,23). The fourth-order valence-electron chi connectivity index (χ4n) is 2.27. The molecule has 2 aromatic carbocycles. The Morgan fingerprint density at radius 1 is 1.17 bits per heavy atom. The smallest absolute Gasteiger partial charge is 0.296 e. The number of nitrogens with one attached hydrogen (secondary N) is 2. The zero-order valence-electron chi connectivity index (χ0n) is 12.1. The second-order valence-electron chi connectivity index (χ2n) is 5.14. The van der Waals surface area contributed by atoms with Crippen LogP contribution in [-0.2, 0) is 4.79 Å². The highest BCUT2D eigenvalue weighted by Crippen LogP contribution is 2.24. The largest absolute Gasteiger partial charge is 0.360 e. The SMILES string of the molecule is Cc1ccc(NC(=O)C(=O)c2c[nH]c3cc(Cl)ccc23)cc1Br. The van der Waals surface area contributed by atoms with Crippen molar-refractivity contribution in [1.82, 2.24) is 4.98 Å². The van der Waals surface area contributed by atoms with Crippen LogP contribution in [-0.4, -0.2) is 16.7 Å². The molecule has 0 aliphatic carbocycles. The first-order valence-corrected chi connectivity index (χ1v) is 8.01. The van der Waals surface area contributed by atoms with Crippen molar-refractivity contribution in [1.29, 1.82) is 0 Å². The lowest BCUT2D eigenvalue weighted by atomic mass is 10.1. The van der Waals surface area contributed by atoms with E-state index < -0.39 is 11.7 Å². The number of benzene rings is 2. The van der Waals surface area contributed by atoms with E-state index in [-0.39, 0.29) is 0 Å². The quantitative estimate of drug-likeness (QED) is 0.501. The molecular formula is C17H12BrClN2O2. The summed E-state index contributed by atoms with van der Waals surface area (Å²) >= 11 is 9.31. The molecule has 0 fully saturated rings. The number of aryl methyl sites for hydroxylation is 1. The number of Topliss-reactive ketones (excluding diaryl/α,β-unsaturated/α-hetero) is 1. The van der Waals surface area contributed by atoms with Gasteiger partial charge in [-0.05, 0) is 36.8 Å². The average Bonchev–Trinajstić information content (AvgIpc) is 2.93. The first-order chi connectivity index (χ1) is 11.0. The summed E-state index contributed by atoms with van der Waals surface area (Å²) in [6.07, 6.45) is 1.52. The number of halogens is 2. The second kappa shape index (κ2) is 6.18. The molecule has 2 N–H and O–H groups in total. The monoisotopic (exact) mass is 390 g/mol. The van der Waals surface area contributed by atoms with Gasteiger partial charge in [0.05, 0.1) is 5.56 Å². The van der Waals surface area contributed by atoms with Crippen LogP contribution in [0.3, 0.4) is 0 Å². The second-order valence-corrected chi connectivity index (χ2v) is 6.43.